The lowest BCUT2D eigenvalue weighted by Gasteiger charge is -2.42. The first-order valence-corrected chi connectivity index (χ1v) is 23.1. The summed E-state index contributed by atoms with van der Waals surface area (Å²) in [6, 6.07) is 83.4. The highest BCUT2D eigenvalue weighted by atomic mass is 15.2. The highest BCUT2D eigenvalue weighted by Gasteiger charge is 2.44. The van der Waals surface area contributed by atoms with E-state index in [1.165, 1.54) is 88.1 Å². The van der Waals surface area contributed by atoms with Crippen LogP contribution in [0.5, 0.6) is 0 Å². The van der Waals surface area contributed by atoms with Gasteiger partial charge in [-0.2, -0.15) is 0 Å². The molecule has 13 rings (SSSR count). The molecule has 0 N–H and O–H groups in total. The van der Waals surface area contributed by atoms with Crippen LogP contribution >= 0.6 is 0 Å². The van der Waals surface area contributed by atoms with E-state index in [0.717, 1.165) is 28.4 Å². The maximum atomic E-state index is 2.68. The SMILES string of the molecule is CC(C)(C)c1ccc(N2c3cc(N(c4ccccc4)c4ccccc4)ccc3B3c4c(cc(-c5ccccc5)cc42)-c2cccc4c5c6ccccc6ccc5n3c24)c(-c2ccccc2)c1. The zero-order valence-electron chi connectivity index (χ0n) is 37.3. The average Bonchev–Trinajstić information content (AvgIpc) is 3.71. The highest BCUT2D eigenvalue weighted by Crippen LogP contribution is 2.51. The minimum atomic E-state index is -0.105. The number of fused-ring (bicyclic) bond motifs is 9. The minimum absolute atomic E-state index is 0.0485. The molecule has 0 spiro atoms. The first-order chi connectivity index (χ1) is 32.4. The monoisotopic (exact) mass is 843 g/mol. The first kappa shape index (κ1) is 38.4. The van der Waals surface area contributed by atoms with Crippen LogP contribution in [0.2, 0.25) is 0 Å². The van der Waals surface area contributed by atoms with Gasteiger partial charge in [-0.15, -0.1) is 0 Å². The lowest BCUT2D eigenvalue weighted by atomic mass is 9.45. The summed E-state index contributed by atoms with van der Waals surface area (Å²) in [5, 5.41) is 5.15. The van der Waals surface area contributed by atoms with Crippen molar-refractivity contribution in [2.45, 2.75) is 26.2 Å². The molecule has 0 fully saturated rings. The van der Waals surface area contributed by atoms with Gasteiger partial charge in [0.25, 0.3) is 0 Å². The van der Waals surface area contributed by atoms with Crippen molar-refractivity contribution in [3.63, 3.8) is 0 Å². The number of rotatable bonds is 6. The van der Waals surface area contributed by atoms with Crippen LogP contribution in [-0.2, 0) is 5.41 Å². The molecular formula is C62H46BN3. The van der Waals surface area contributed by atoms with E-state index in [-0.39, 0.29) is 12.3 Å². The Morgan fingerprint density at radius 3 is 1.79 bits per heavy atom. The molecule has 10 aromatic carbocycles. The molecule has 0 saturated heterocycles. The van der Waals surface area contributed by atoms with Crippen molar-refractivity contribution < 1.29 is 0 Å². The van der Waals surface area contributed by atoms with Crippen LogP contribution in [0.15, 0.2) is 224 Å². The molecule has 0 saturated carbocycles. The second-order valence-corrected chi connectivity index (χ2v) is 18.9. The van der Waals surface area contributed by atoms with Gasteiger partial charge in [-0.05, 0) is 122 Å². The van der Waals surface area contributed by atoms with Gasteiger partial charge in [-0.1, -0.05) is 178 Å². The summed E-state index contributed by atoms with van der Waals surface area (Å²) < 4.78 is 2.68. The van der Waals surface area contributed by atoms with E-state index in [1.54, 1.807) is 0 Å². The summed E-state index contributed by atoms with van der Waals surface area (Å²) in [5.41, 5.74) is 20.5. The first-order valence-electron chi connectivity index (χ1n) is 23.1. The largest absolute Gasteiger partial charge is 0.375 e. The number of anilines is 6. The molecule has 0 unspecified atom stereocenters. The second-order valence-electron chi connectivity index (χ2n) is 18.9. The van der Waals surface area contributed by atoms with Gasteiger partial charge < -0.3 is 14.3 Å². The van der Waals surface area contributed by atoms with Gasteiger partial charge in [0, 0.05) is 61.4 Å². The van der Waals surface area contributed by atoms with Crippen molar-refractivity contribution in [2.24, 2.45) is 0 Å². The maximum Gasteiger partial charge on any atom is 0.333 e. The molecule has 11 aromatic rings. The van der Waals surface area contributed by atoms with Crippen molar-refractivity contribution in [3.8, 4) is 33.4 Å². The van der Waals surface area contributed by atoms with E-state index < -0.39 is 0 Å². The molecule has 0 atom stereocenters. The van der Waals surface area contributed by atoms with Gasteiger partial charge in [0.15, 0.2) is 0 Å². The van der Waals surface area contributed by atoms with Crippen LogP contribution in [-0.4, -0.2) is 11.3 Å². The summed E-state index contributed by atoms with van der Waals surface area (Å²) in [5.74, 6) is 0. The lowest BCUT2D eigenvalue weighted by molar-refractivity contribution is 0.590. The molecule has 0 aliphatic carbocycles. The molecular weight excluding hydrogens is 798 g/mol. The molecule has 312 valence electrons. The number of benzene rings is 10. The predicted molar refractivity (Wildman–Crippen MR) is 282 cm³/mol. The third-order valence-electron chi connectivity index (χ3n) is 14.1. The van der Waals surface area contributed by atoms with Gasteiger partial charge in [-0.3, -0.25) is 0 Å². The number of para-hydroxylation sites is 3. The van der Waals surface area contributed by atoms with Crippen molar-refractivity contribution in [3.05, 3.63) is 230 Å². The molecule has 1 aromatic heterocycles. The predicted octanol–water partition coefficient (Wildman–Crippen LogP) is 15.5. The summed E-state index contributed by atoms with van der Waals surface area (Å²) in [6.45, 7) is 6.84. The average molecular weight is 844 g/mol. The van der Waals surface area contributed by atoms with E-state index in [4.69, 9.17) is 0 Å². The summed E-state index contributed by atoms with van der Waals surface area (Å²) in [7, 11) is 0. The summed E-state index contributed by atoms with van der Waals surface area (Å²) >= 11 is 0. The summed E-state index contributed by atoms with van der Waals surface area (Å²) in [4.78, 5) is 5.00. The smallest absolute Gasteiger partial charge is 0.333 e. The number of nitrogens with zero attached hydrogens (tertiary/aromatic N) is 3. The number of aromatic nitrogens is 1. The van der Waals surface area contributed by atoms with Crippen LogP contribution < -0.4 is 20.7 Å². The van der Waals surface area contributed by atoms with Crippen LogP contribution in [0, 0.1) is 0 Å². The van der Waals surface area contributed by atoms with Gasteiger partial charge in [0.2, 0.25) is 0 Å². The Kier molecular flexibility index (Phi) is 8.57. The molecule has 2 aliphatic rings. The Bertz CT molecular complexity index is 3640. The quantitative estimate of drug-likeness (QED) is 0.155. The third kappa shape index (κ3) is 5.84. The van der Waals surface area contributed by atoms with Crippen LogP contribution in [0.4, 0.5) is 34.1 Å². The Morgan fingerprint density at radius 2 is 1.08 bits per heavy atom. The maximum absolute atomic E-state index is 2.68. The number of hydrogen-bond donors (Lipinski definition) is 0. The topological polar surface area (TPSA) is 11.4 Å². The Hall–Kier alpha value is -8.08. The van der Waals surface area contributed by atoms with Crippen LogP contribution in [0.1, 0.15) is 26.3 Å². The molecule has 66 heavy (non-hydrogen) atoms. The van der Waals surface area contributed by atoms with E-state index in [0.29, 0.717) is 0 Å². The zero-order chi connectivity index (χ0) is 44.1. The van der Waals surface area contributed by atoms with Crippen molar-refractivity contribution in [1.29, 1.82) is 0 Å². The molecule has 3 nitrogen and oxygen atoms in total. The minimum Gasteiger partial charge on any atom is -0.375 e. The van der Waals surface area contributed by atoms with Crippen molar-refractivity contribution >= 4 is 84.5 Å². The van der Waals surface area contributed by atoms with E-state index in [2.05, 4.69) is 260 Å². The summed E-state index contributed by atoms with van der Waals surface area (Å²) in [6.07, 6.45) is 0. The lowest BCUT2D eigenvalue weighted by Crippen LogP contribution is -2.56. The van der Waals surface area contributed by atoms with E-state index >= 15 is 0 Å². The molecule has 0 amide bonds. The second kappa shape index (κ2) is 14.7. The van der Waals surface area contributed by atoms with Crippen molar-refractivity contribution in [2.75, 3.05) is 9.80 Å². The molecule has 2 aliphatic heterocycles. The Morgan fingerprint density at radius 1 is 0.424 bits per heavy atom. The number of hydrogen-bond acceptors (Lipinski definition) is 2. The fraction of sp³-hybridized carbons (Fsp3) is 0.0645. The van der Waals surface area contributed by atoms with Crippen LogP contribution in [0.25, 0.3) is 66.0 Å². The van der Waals surface area contributed by atoms with Crippen molar-refractivity contribution in [1.82, 2.24) is 4.48 Å². The van der Waals surface area contributed by atoms with Gasteiger partial charge in [0.1, 0.15) is 0 Å². The van der Waals surface area contributed by atoms with Gasteiger partial charge >= 0.3 is 6.85 Å². The highest BCUT2D eigenvalue weighted by molar-refractivity contribution is 6.90. The molecule has 0 bridgehead atoms. The van der Waals surface area contributed by atoms with E-state index in [1.807, 2.05) is 0 Å². The standard InChI is InChI=1S/C62H46BN3/c1-62(2,3)45-32-36-55(52(39-45)42-21-10-5-11-22-42)65-57-40-48(64(46-24-12-6-13-25-46)47-26-14-7-15-27-47)33-34-54(57)63-60-53(37-44(38-58(60)65)41-19-8-4-9-20-41)50-29-18-30-51-59-49-28-17-16-23-43(49)31-35-56(59)66(63)61(50)51/h4-40H,1-3H3. The van der Waals surface area contributed by atoms with Gasteiger partial charge in [0.05, 0.1) is 5.69 Å². The van der Waals surface area contributed by atoms with Gasteiger partial charge in [-0.25, -0.2) is 0 Å². The third-order valence-corrected chi connectivity index (χ3v) is 14.1. The normalized spacial score (nSPS) is 12.7. The van der Waals surface area contributed by atoms with Crippen LogP contribution in [0.3, 0.4) is 0 Å². The Labute approximate surface area is 386 Å². The Balaban J connectivity index is 1.19. The molecule has 0 radical (unpaired) electrons. The fourth-order valence-corrected chi connectivity index (χ4v) is 11.0. The zero-order valence-corrected chi connectivity index (χ0v) is 37.3. The molecule has 4 heteroatoms. The van der Waals surface area contributed by atoms with E-state index in [9.17, 15) is 0 Å². The fourth-order valence-electron chi connectivity index (χ4n) is 11.0. The molecule has 3 heterocycles.